The number of anilines is 9. The minimum Gasteiger partial charge on any atom is -0.508 e. The number of pyridine rings is 6. The zero-order valence-electron chi connectivity index (χ0n) is 81.0. The summed E-state index contributed by atoms with van der Waals surface area (Å²) in [5, 5.41) is 0. The van der Waals surface area contributed by atoms with Gasteiger partial charge in [-0.15, -0.1) is 83.3 Å². The van der Waals surface area contributed by atoms with E-state index in [9.17, 15) is 0 Å². The van der Waals surface area contributed by atoms with Crippen LogP contribution in [0, 0.1) is 56.4 Å². The predicted molar refractivity (Wildman–Crippen MR) is 527 cm³/mol. The van der Waals surface area contributed by atoms with Gasteiger partial charge in [-0.3, -0.25) is 19.9 Å². The number of hydrogen-bond donors (Lipinski definition) is 0. The van der Waals surface area contributed by atoms with Crippen molar-refractivity contribution >= 4 is 68.1 Å². The third kappa shape index (κ3) is 20.6. The van der Waals surface area contributed by atoms with E-state index < -0.39 is 5.41 Å². The predicted octanol–water partition coefficient (Wildman–Crippen LogP) is 27.9. The molecule has 0 fully saturated rings. The van der Waals surface area contributed by atoms with Crippen molar-refractivity contribution in [1.82, 2.24) is 43.1 Å². The van der Waals surface area contributed by atoms with Crippen LogP contribution in [0.2, 0.25) is 0 Å². The molecule has 3 aliphatic heterocycles. The first kappa shape index (κ1) is 99.4. The van der Waals surface area contributed by atoms with E-state index in [1.165, 1.54) is 22.5 Å². The van der Waals surface area contributed by atoms with Gasteiger partial charge in [0.15, 0.2) is 0 Å². The number of para-hydroxylation sites is 6. The normalized spacial score (nSPS) is 13.2. The molecule has 0 saturated heterocycles. The van der Waals surface area contributed by atoms with Gasteiger partial charge in [-0.2, -0.15) is 38.2 Å². The van der Waals surface area contributed by atoms with Gasteiger partial charge in [0.2, 0.25) is 5.88 Å². The van der Waals surface area contributed by atoms with Crippen LogP contribution in [0.5, 0.6) is 46.1 Å². The Morgan fingerprint density at radius 1 is 0.323 bits per heavy atom. The molecule has 0 spiro atoms. The summed E-state index contributed by atoms with van der Waals surface area (Å²) >= 11 is 0. The molecule has 6 aromatic carbocycles. The molecular weight excluding hydrogens is 2190 g/mol. The van der Waals surface area contributed by atoms with Crippen LogP contribution in [0.3, 0.4) is 0 Å². The standard InChI is InChI=1S/C39H44N5O.C36H38N5O2.C36H38N5O.3Pt/c1-25(2)35-36(26(3)4)43-23-30(22-31(37(43)41-35)39(8,9)34-20-27(18-19-40-34)38(5,6)7)45-29-15-13-14-28(21-29)44-24-42(10)32-16-11-12-17-33(32)44;1-23(2)33-34(24(3)4)40-21-28(20-31(35(40)38-33)43-32-18-25(16-17-37-32)36(5,6)7)42-27-13-11-12-26(19-27)41-22-39(8)29-14-9-10-15-30(29)41;1-23(2)33-34(24(3)4)40-21-28(20-29(35(40)38-33)30-18-25(16-17-37-30)36(5,6)7)42-27-13-11-12-26(19-27)41-22-39(8)31-14-9-10-15-32(31)41;;;/h11-20,23-26H,1-10H3;9-18,21-24H,1-8H3;9-18,21-24H,1-8H3;;;/q3*-3;;;. The maximum absolute atomic E-state index is 6.62. The molecule has 0 bridgehead atoms. The fourth-order valence-corrected chi connectivity index (χ4v) is 17.2. The Bertz CT molecular complexity index is 6690. The molecule has 3 aliphatic rings. The summed E-state index contributed by atoms with van der Waals surface area (Å²) in [6.45, 7) is 56.8. The van der Waals surface area contributed by atoms with Crippen molar-refractivity contribution < 1.29 is 82.1 Å². The number of ether oxygens (including phenoxy) is 4. The van der Waals surface area contributed by atoms with Crippen LogP contribution in [-0.2, 0) is 84.9 Å². The Morgan fingerprint density at radius 2 is 0.669 bits per heavy atom. The Kier molecular flexibility index (Phi) is 29.8. The molecule has 0 amide bonds. The number of aromatic nitrogens is 9. The summed E-state index contributed by atoms with van der Waals surface area (Å²) in [4.78, 5) is 42.4. The Balaban J connectivity index is 0.000000168. The molecule has 0 unspecified atom stereocenters. The van der Waals surface area contributed by atoms with Gasteiger partial charge in [-0.1, -0.05) is 232 Å². The fourth-order valence-electron chi connectivity index (χ4n) is 17.2. The smallest absolute Gasteiger partial charge is 0.216 e. The van der Waals surface area contributed by atoms with E-state index in [0.717, 1.165) is 113 Å². The fraction of sp³-hybridized carbons (Fsp3) is 0.324. The molecular formula is C111H120N15O4Pt3-9. The number of nitrogens with zero attached hydrogens (tertiary/aromatic N) is 15. The van der Waals surface area contributed by atoms with Crippen molar-refractivity contribution in [3.8, 4) is 57.4 Å². The second-order valence-corrected chi connectivity index (χ2v) is 39.6. The largest absolute Gasteiger partial charge is 0.508 e. The van der Waals surface area contributed by atoms with Crippen molar-refractivity contribution in [2.24, 2.45) is 0 Å². The summed E-state index contributed by atoms with van der Waals surface area (Å²) in [7, 11) is 6.15. The van der Waals surface area contributed by atoms with Crippen molar-refractivity contribution in [2.45, 2.75) is 216 Å². The van der Waals surface area contributed by atoms with Gasteiger partial charge in [0.25, 0.3) is 0 Å². The maximum Gasteiger partial charge on any atom is 0.216 e. The number of benzene rings is 6. The second kappa shape index (κ2) is 39.8. The van der Waals surface area contributed by atoms with Gasteiger partial charge in [0.05, 0.1) is 28.5 Å². The van der Waals surface area contributed by atoms with Gasteiger partial charge < -0.3 is 66.5 Å². The van der Waals surface area contributed by atoms with Gasteiger partial charge in [0.1, 0.15) is 0 Å². The van der Waals surface area contributed by atoms with Crippen LogP contribution in [0.25, 0.3) is 28.2 Å². The molecule has 0 aliphatic carbocycles. The molecule has 12 heterocycles. The van der Waals surface area contributed by atoms with Crippen LogP contribution < -0.4 is 48.3 Å². The van der Waals surface area contributed by atoms with Crippen molar-refractivity contribution in [3.63, 3.8) is 0 Å². The first-order chi connectivity index (χ1) is 61.7. The third-order valence-electron chi connectivity index (χ3n) is 24.0. The van der Waals surface area contributed by atoms with Crippen LogP contribution in [0.1, 0.15) is 257 Å². The Hall–Kier alpha value is -11.1. The van der Waals surface area contributed by atoms with Gasteiger partial charge in [-0.05, 0) is 162 Å². The van der Waals surface area contributed by atoms with E-state index >= 15 is 0 Å². The van der Waals surface area contributed by atoms with E-state index in [0.29, 0.717) is 51.8 Å². The molecule has 702 valence electrons. The quantitative estimate of drug-likeness (QED) is 0.0666. The van der Waals surface area contributed by atoms with Crippen molar-refractivity contribution in [3.05, 3.63) is 319 Å². The average molecular weight is 2310 g/mol. The molecule has 19 nitrogen and oxygen atoms in total. The monoisotopic (exact) mass is 2310 g/mol. The molecule has 22 heteroatoms. The topological polar surface area (TPSA) is 147 Å². The molecule has 18 rings (SSSR count). The van der Waals surface area contributed by atoms with E-state index in [4.69, 9.17) is 43.9 Å². The Morgan fingerprint density at radius 3 is 1.08 bits per heavy atom. The minimum absolute atomic E-state index is 0. The number of imidazole rings is 3. The van der Waals surface area contributed by atoms with E-state index in [2.05, 4.69) is 368 Å². The molecule has 9 aromatic heterocycles. The zero-order valence-corrected chi connectivity index (χ0v) is 87.9. The first-order valence-electron chi connectivity index (χ1n) is 45.3. The second-order valence-electron chi connectivity index (χ2n) is 39.6. The van der Waals surface area contributed by atoms with Crippen molar-refractivity contribution in [1.29, 1.82) is 0 Å². The van der Waals surface area contributed by atoms with E-state index in [1.807, 2.05) is 111 Å². The number of fused-ring (bicyclic) bond motifs is 6. The van der Waals surface area contributed by atoms with Gasteiger partial charge >= 0.3 is 0 Å². The molecule has 0 atom stereocenters. The SMILES string of the molecule is CC(C)c1nc2c(-c3cc(C(C)(C)C)ccn3)[c-]c(Oc3[c-]c(N4[CH-]N(C)c5ccccc54)ccc3)cn2c1C(C)C.CC(C)c1nc2c(C(C)(C)c3cc(C(C)(C)C)ccn3)[c-]c(Oc3[c-]c(N4[CH-]N(C)c5ccccc54)ccc3)cn2c1C(C)C.CC(C)c1nc2c(Oc3cc(C(C)(C)C)ccn3)[c-]c(Oc3[c-]c(N4[CH-]N(C)c5ccccc54)ccc3)cn2c1C(C)C.[Pt].[Pt].[Pt]. The van der Waals surface area contributed by atoms with Crippen LogP contribution >= 0.6 is 0 Å². The van der Waals surface area contributed by atoms with Gasteiger partial charge in [0, 0.05) is 196 Å². The van der Waals surface area contributed by atoms with E-state index in [-0.39, 0.29) is 115 Å². The number of hydrogen-bond acceptors (Lipinski definition) is 16. The summed E-state index contributed by atoms with van der Waals surface area (Å²) in [5.41, 5.74) is 25.2. The zero-order chi connectivity index (χ0) is 92.5. The van der Waals surface area contributed by atoms with Crippen LogP contribution in [0.15, 0.2) is 201 Å². The first-order valence-corrected chi connectivity index (χ1v) is 45.3. The van der Waals surface area contributed by atoms with E-state index in [1.54, 1.807) is 6.20 Å². The molecule has 0 saturated carbocycles. The maximum atomic E-state index is 6.62. The average Bonchev–Trinajstić information content (AvgIpc) is 1.84. The number of rotatable bonds is 20. The van der Waals surface area contributed by atoms with Crippen molar-refractivity contribution in [2.75, 3.05) is 50.5 Å². The summed E-state index contributed by atoms with van der Waals surface area (Å²) in [5.74, 6) is 6.01. The molecule has 0 radical (unpaired) electrons. The van der Waals surface area contributed by atoms with Crippen LogP contribution in [0.4, 0.5) is 51.2 Å². The Labute approximate surface area is 830 Å². The van der Waals surface area contributed by atoms with Crippen LogP contribution in [-0.4, -0.2) is 64.2 Å². The summed E-state index contributed by atoms with van der Waals surface area (Å²) < 4.78 is 32.5. The van der Waals surface area contributed by atoms with Gasteiger partial charge in [-0.25, -0.2) is 4.98 Å². The summed E-state index contributed by atoms with van der Waals surface area (Å²) in [6.07, 6.45) is 11.6. The molecule has 133 heavy (non-hydrogen) atoms. The third-order valence-corrected chi connectivity index (χ3v) is 24.0. The molecule has 15 aromatic rings. The minimum atomic E-state index is -0.500. The summed E-state index contributed by atoms with van der Waals surface area (Å²) in [6, 6.07) is 76.4. The molecule has 0 N–H and O–H groups in total.